The van der Waals surface area contributed by atoms with Crippen LogP contribution in [0.5, 0.6) is 0 Å². The van der Waals surface area contributed by atoms with Crippen molar-refractivity contribution in [3.63, 3.8) is 0 Å². The first-order chi connectivity index (χ1) is 14.6. The molecule has 1 nitrogen and oxygen atoms in total. The minimum Gasteiger partial charge on any atom is -0.219 e. The fourth-order valence-electron chi connectivity index (χ4n) is 3.27. The molecule has 174 valence electrons. The Kier molecular flexibility index (Phi) is 8.05. The van der Waals surface area contributed by atoms with Crippen LogP contribution in [-0.4, -0.2) is 5.71 Å². The van der Waals surface area contributed by atoms with Crippen LogP contribution >= 0.6 is 35.9 Å². The van der Waals surface area contributed by atoms with Crippen molar-refractivity contribution in [2.75, 3.05) is 0 Å². The van der Waals surface area contributed by atoms with Gasteiger partial charge in [0.15, 0.2) is 0 Å². The van der Waals surface area contributed by atoms with Crippen LogP contribution in [0.15, 0.2) is 56.9 Å². The Balaban J connectivity index is 2.54. The topological polar surface area (TPSA) is 12.4 Å². The van der Waals surface area contributed by atoms with Crippen LogP contribution in [0.3, 0.4) is 0 Å². The molecule has 0 saturated carbocycles. The van der Waals surface area contributed by atoms with Gasteiger partial charge in [0.05, 0.1) is 21.7 Å². The summed E-state index contributed by atoms with van der Waals surface area (Å²) in [6, 6.07) is 0. The molecule has 0 spiro atoms. The van der Waals surface area contributed by atoms with Gasteiger partial charge in [-0.05, 0) is 51.2 Å². The normalized spacial score (nSPS) is 17.9. The van der Waals surface area contributed by atoms with Gasteiger partial charge in [-0.15, -0.1) is 11.3 Å². The lowest BCUT2D eigenvalue weighted by Crippen LogP contribution is -2.16. The monoisotopic (exact) mass is 509 g/mol. The Bertz CT molecular complexity index is 1080. The summed E-state index contributed by atoms with van der Waals surface area (Å²) in [4.78, 5) is -0.827. The van der Waals surface area contributed by atoms with Crippen molar-refractivity contribution in [3.05, 3.63) is 73.4 Å². The summed E-state index contributed by atoms with van der Waals surface area (Å²) < 4.78 is 85.1. The van der Waals surface area contributed by atoms with Gasteiger partial charge in [0.1, 0.15) is 0 Å². The second-order valence-corrected chi connectivity index (χ2v) is 9.68. The molecule has 10 heteroatoms. The average molecular weight is 510 g/mol. The minimum atomic E-state index is -5.19. The molecule has 0 unspecified atom stereocenters. The van der Waals surface area contributed by atoms with Crippen LogP contribution in [0.4, 0.5) is 26.3 Å². The maximum atomic E-state index is 13.6. The molecule has 0 fully saturated rings. The number of thiol groups is 1. The summed E-state index contributed by atoms with van der Waals surface area (Å²) in [5.41, 5.74) is 0.426. The van der Waals surface area contributed by atoms with Gasteiger partial charge in [0.25, 0.3) is 0 Å². The molecule has 0 atom stereocenters. The Hall–Kier alpha value is -1.65. The summed E-state index contributed by atoms with van der Waals surface area (Å²) in [6.07, 6.45) is -6.09. The number of thioether (sulfide) groups is 1. The molecule has 0 aliphatic heterocycles. The number of alkyl halides is 6. The lowest BCUT2D eigenvalue weighted by Gasteiger charge is -2.23. The van der Waals surface area contributed by atoms with Gasteiger partial charge in [0, 0.05) is 20.3 Å². The van der Waals surface area contributed by atoms with Crippen LogP contribution in [0.25, 0.3) is 4.91 Å². The van der Waals surface area contributed by atoms with E-state index in [1.807, 2.05) is 20.8 Å². The van der Waals surface area contributed by atoms with E-state index in [1.165, 1.54) is 0 Å². The zero-order valence-electron chi connectivity index (χ0n) is 17.8. The Morgan fingerprint density at radius 2 is 1.59 bits per heavy atom. The SMILES string of the molecule is C=C(SC(=C)c1sc(C)c(C(F)(F)F)c1C(F)(F)F)C1=CC=C(C)/C(=N/S)C1=C(C)CC. The first-order valence-corrected chi connectivity index (χ1v) is 11.3. The highest BCUT2D eigenvalue weighted by Crippen LogP contribution is 2.52. The van der Waals surface area contributed by atoms with E-state index in [0.717, 1.165) is 35.4 Å². The molecule has 0 bridgehead atoms. The number of rotatable bonds is 5. The second-order valence-electron chi connectivity index (χ2n) is 7.07. The van der Waals surface area contributed by atoms with Crippen LogP contribution in [-0.2, 0) is 12.4 Å². The van der Waals surface area contributed by atoms with E-state index < -0.39 is 33.2 Å². The lowest BCUT2D eigenvalue weighted by molar-refractivity contribution is -0.161. The predicted octanol–water partition coefficient (Wildman–Crippen LogP) is 9.21. The number of hydrogen-bond donors (Lipinski definition) is 1. The molecule has 1 aliphatic rings. The molecule has 0 radical (unpaired) electrons. The molecule has 0 saturated heterocycles. The first kappa shape index (κ1) is 26.6. The molecule has 1 aromatic rings. The number of halogens is 6. The molecule has 1 aliphatic carbocycles. The highest BCUT2D eigenvalue weighted by Gasteiger charge is 2.48. The fourth-order valence-corrected chi connectivity index (χ4v) is 5.61. The Labute approximate surface area is 196 Å². The third-order valence-electron chi connectivity index (χ3n) is 4.89. The van der Waals surface area contributed by atoms with Crippen molar-refractivity contribution in [1.82, 2.24) is 0 Å². The molecule has 1 heterocycles. The van der Waals surface area contributed by atoms with Crippen molar-refractivity contribution in [3.8, 4) is 0 Å². The number of allylic oxidation sites excluding steroid dienone is 6. The molecule has 0 amide bonds. The van der Waals surface area contributed by atoms with Gasteiger partial charge in [-0.1, -0.05) is 49.6 Å². The molecular weight excluding hydrogens is 488 g/mol. The maximum Gasteiger partial charge on any atom is 0.418 e. The van der Waals surface area contributed by atoms with Crippen LogP contribution in [0.1, 0.15) is 48.1 Å². The molecule has 1 aromatic heterocycles. The van der Waals surface area contributed by atoms with Gasteiger partial charge >= 0.3 is 12.4 Å². The Morgan fingerprint density at radius 3 is 2.06 bits per heavy atom. The van der Waals surface area contributed by atoms with E-state index >= 15 is 0 Å². The summed E-state index contributed by atoms with van der Waals surface area (Å²) >= 11 is 5.28. The van der Waals surface area contributed by atoms with Gasteiger partial charge < -0.3 is 0 Å². The van der Waals surface area contributed by atoms with Gasteiger partial charge in [-0.3, -0.25) is 0 Å². The minimum absolute atomic E-state index is 0.157. The predicted molar refractivity (Wildman–Crippen MR) is 126 cm³/mol. The van der Waals surface area contributed by atoms with Crippen molar-refractivity contribution >= 4 is 46.5 Å². The van der Waals surface area contributed by atoms with E-state index in [4.69, 9.17) is 0 Å². The molecular formula is C22H21F6NS3. The third-order valence-corrected chi connectivity index (χ3v) is 7.30. The third kappa shape index (κ3) is 5.28. The van der Waals surface area contributed by atoms with E-state index in [1.54, 1.807) is 12.2 Å². The summed E-state index contributed by atoms with van der Waals surface area (Å²) in [5.74, 6) is 0. The Morgan fingerprint density at radius 1 is 1.03 bits per heavy atom. The molecule has 2 rings (SSSR count). The molecule has 0 aromatic carbocycles. The number of thiophene rings is 1. The highest BCUT2D eigenvalue weighted by atomic mass is 32.2. The average Bonchev–Trinajstić information content (AvgIpc) is 3.05. The van der Waals surface area contributed by atoms with Gasteiger partial charge in [-0.2, -0.15) is 26.3 Å². The van der Waals surface area contributed by atoms with Crippen molar-refractivity contribution in [2.24, 2.45) is 4.40 Å². The van der Waals surface area contributed by atoms with E-state index in [-0.39, 0.29) is 4.91 Å². The van der Waals surface area contributed by atoms with E-state index in [2.05, 4.69) is 30.4 Å². The van der Waals surface area contributed by atoms with E-state index in [0.29, 0.717) is 33.9 Å². The van der Waals surface area contributed by atoms with E-state index in [9.17, 15) is 26.3 Å². The summed E-state index contributed by atoms with van der Waals surface area (Å²) in [6.45, 7) is 14.3. The zero-order valence-corrected chi connectivity index (χ0v) is 20.3. The second kappa shape index (κ2) is 9.69. The molecule has 32 heavy (non-hydrogen) atoms. The van der Waals surface area contributed by atoms with Crippen molar-refractivity contribution in [1.29, 1.82) is 0 Å². The number of hydrogen-bond acceptors (Lipinski definition) is 4. The molecule has 0 N–H and O–H groups in total. The largest absolute Gasteiger partial charge is 0.418 e. The standard InChI is InChI=1S/C22H21F6NS3/c1-7-10(2)16-15(9-8-11(3)19(16)29-30)12(4)31-14(6)20-18(22(26,27)28)17(13(5)32-20)21(23,24)25/h8-9,30H,4,6-7H2,1-3,5H3/b16-10?,29-19-. The zero-order chi connectivity index (χ0) is 24.6. The number of nitrogens with zero attached hydrogens (tertiary/aromatic N) is 1. The number of aryl methyl sites for hydroxylation is 1. The van der Waals surface area contributed by atoms with Crippen molar-refractivity contribution < 1.29 is 26.3 Å². The highest BCUT2D eigenvalue weighted by molar-refractivity contribution is 8.12. The van der Waals surface area contributed by atoms with Crippen molar-refractivity contribution in [2.45, 2.75) is 46.5 Å². The lowest BCUT2D eigenvalue weighted by atomic mass is 9.87. The van der Waals surface area contributed by atoms with Gasteiger partial charge in [-0.25, -0.2) is 4.40 Å². The fraction of sp³-hybridized carbons (Fsp3) is 0.318. The van der Waals surface area contributed by atoms with Gasteiger partial charge in [0.2, 0.25) is 0 Å². The van der Waals surface area contributed by atoms with Crippen LogP contribution in [0, 0.1) is 6.92 Å². The quantitative estimate of drug-likeness (QED) is 0.308. The van der Waals surface area contributed by atoms with Crippen LogP contribution < -0.4 is 0 Å². The smallest absolute Gasteiger partial charge is 0.219 e. The summed E-state index contributed by atoms with van der Waals surface area (Å²) in [5, 5.41) is 0. The summed E-state index contributed by atoms with van der Waals surface area (Å²) in [7, 11) is 0. The maximum absolute atomic E-state index is 13.6. The van der Waals surface area contributed by atoms with Crippen LogP contribution in [0.2, 0.25) is 0 Å². The first-order valence-electron chi connectivity index (χ1n) is 9.30.